The molecule has 0 spiro atoms. The van der Waals surface area contributed by atoms with Crippen molar-refractivity contribution in [3.8, 4) is 0 Å². The number of nitrogens with one attached hydrogen (secondary N) is 1. The van der Waals surface area contributed by atoms with E-state index >= 15 is 0 Å². The molecule has 0 amide bonds. The summed E-state index contributed by atoms with van der Waals surface area (Å²) < 4.78 is 2.04. The van der Waals surface area contributed by atoms with E-state index in [9.17, 15) is 4.79 Å². The highest BCUT2D eigenvalue weighted by Crippen LogP contribution is 2.22. The second-order valence-electron chi connectivity index (χ2n) is 5.23. The summed E-state index contributed by atoms with van der Waals surface area (Å²) >= 11 is 0. The third kappa shape index (κ3) is 2.57. The summed E-state index contributed by atoms with van der Waals surface area (Å²) in [7, 11) is 0. The minimum Gasteiger partial charge on any atom is -0.326 e. The zero-order chi connectivity index (χ0) is 15.7. The molecule has 0 saturated heterocycles. The van der Waals surface area contributed by atoms with Crippen LogP contribution in [0.4, 0.5) is 11.6 Å². The van der Waals surface area contributed by atoms with Gasteiger partial charge in [-0.1, -0.05) is 0 Å². The van der Waals surface area contributed by atoms with E-state index in [0.717, 1.165) is 35.0 Å². The fraction of sp³-hybridized carbons (Fsp3) is 0.235. The quantitative estimate of drug-likeness (QED) is 0.745. The molecule has 0 radical (unpaired) electrons. The molecule has 0 unspecified atom stereocenters. The maximum Gasteiger partial charge on any atom is 0.209 e. The van der Waals surface area contributed by atoms with Crippen molar-refractivity contribution < 1.29 is 4.79 Å². The van der Waals surface area contributed by atoms with Crippen LogP contribution < -0.4 is 5.32 Å². The van der Waals surface area contributed by atoms with E-state index in [-0.39, 0.29) is 5.78 Å². The number of anilines is 2. The second kappa shape index (κ2) is 5.60. The van der Waals surface area contributed by atoms with Crippen molar-refractivity contribution in [2.75, 3.05) is 5.32 Å². The SMILES string of the molecule is CCn1c(Nc2ccc(C(C)=O)cc2)nc2ccc(C)nc21. The molecule has 3 aromatic rings. The van der Waals surface area contributed by atoms with Gasteiger partial charge in [0.15, 0.2) is 11.4 Å². The van der Waals surface area contributed by atoms with Crippen LogP contribution in [-0.2, 0) is 6.54 Å². The van der Waals surface area contributed by atoms with Crippen LogP contribution in [0.2, 0.25) is 0 Å². The van der Waals surface area contributed by atoms with E-state index in [2.05, 4.69) is 22.2 Å². The van der Waals surface area contributed by atoms with Crippen LogP contribution in [0.25, 0.3) is 11.2 Å². The van der Waals surface area contributed by atoms with Gasteiger partial charge in [0.2, 0.25) is 5.95 Å². The number of Topliss-reactive ketones (excluding diaryl/α,β-unsaturated/α-hetero) is 1. The van der Waals surface area contributed by atoms with Crippen LogP contribution in [0.5, 0.6) is 0 Å². The number of rotatable bonds is 4. The first kappa shape index (κ1) is 14.3. The van der Waals surface area contributed by atoms with E-state index in [4.69, 9.17) is 0 Å². The number of aromatic nitrogens is 3. The average Bonchev–Trinajstić information content (AvgIpc) is 2.84. The Kier molecular flexibility index (Phi) is 3.63. The number of aryl methyl sites for hydroxylation is 2. The summed E-state index contributed by atoms with van der Waals surface area (Å²) in [6.45, 7) is 6.38. The van der Waals surface area contributed by atoms with Crippen molar-refractivity contribution in [1.29, 1.82) is 0 Å². The molecule has 3 rings (SSSR count). The number of imidazole rings is 1. The van der Waals surface area contributed by atoms with E-state index < -0.39 is 0 Å². The molecule has 0 atom stereocenters. The molecule has 112 valence electrons. The third-order valence-electron chi connectivity index (χ3n) is 3.60. The number of pyridine rings is 1. The van der Waals surface area contributed by atoms with Gasteiger partial charge in [0.05, 0.1) is 0 Å². The molecule has 0 aliphatic rings. The Labute approximate surface area is 129 Å². The molecule has 2 aromatic heterocycles. The molecular formula is C17H18N4O. The van der Waals surface area contributed by atoms with Gasteiger partial charge < -0.3 is 5.32 Å². The van der Waals surface area contributed by atoms with Crippen LogP contribution in [0.15, 0.2) is 36.4 Å². The van der Waals surface area contributed by atoms with E-state index in [1.165, 1.54) is 0 Å². The van der Waals surface area contributed by atoms with Gasteiger partial charge in [-0.15, -0.1) is 0 Å². The summed E-state index contributed by atoms with van der Waals surface area (Å²) in [5, 5.41) is 3.30. The lowest BCUT2D eigenvalue weighted by Crippen LogP contribution is -2.03. The molecule has 5 nitrogen and oxygen atoms in total. The molecule has 1 N–H and O–H groups in total. The fourth-order valence-electron chi connectivity index (χ4n) is 2.41. The number of benzene rings is 1. The highest BCUT2D eigenvalue weighted by Gasteiger charge is 2.11. The Bertz CT molecular complexity index is 834. The number of ketones is 1. The van der Waals surface area contributed by atoms with E-state index in [0.29, 0.717) is 5.56 Å². The number of hydrogen-bond acceptors (Lipinski definition) is 4. The Morgan fingerprint density at radius 3 is 2.50 bits per heavy atom. The maximum absolute atomic E-state index is 11.3. The number of hydrogen-bond donors (Lipinski definition) is 1. The van der Waals surface area contributed by atoms with Crippen molar-refractivity contribution in [2.45, 2.75) is 27.3 Å². The van der Waals surface area contributed by atoms with Gasteiger partial charge in [0, 0.05) is 23.5 Å². The monoisotopic (exact) mass is 294 g/mol. The normalized spacial score (nSPS) is 10.9. The van der Waals surface area contributed by atoms with Crippen LogP contribution in [0.1, 0.15) is 29.9 Å². The molecule has 0 fully saturated rings. The highest BCUT2D eigenvalue weighted by molar-refractivity contribution is 5.94. The van der Waals surface area contributed by atoms with Gasteiger partial charge in [0.25, 0.3) is 0 Å². The zero-order valence-corrected chi connectivity index (χ0v) is 12.9. The number of fused-ring (bicyclic) bond motifs is 1. The molecule has 0 aliphatic heterocycles. The largest absolute Gasteiger partial charge is 0.326 e. The molecule has 5 heteroatoms. The van der Waals surface area contributed by atoms with E-state index in [1.54, 1.807) is 6.92 Å². The van der Waals surface area contributed by atoms with Gasteiger partial charge >= 0.3 is 0 Å². The van der Waals surface area contributed by atoms with Crippen LogP contribution in [0.3, 0.4) is 0 Å². The Morgan fingerprint density at radius 2 is 1.86 bits per heavy atom. The summed E-state index contributed by atoms with van der Waals surface area (Å²) in [4.78, 5) is 20.5. The van der Waals surface area contributed by atoms with Crippen LogP contribution in [-0.4, -0.2) is 20.3 Å². The Morgan fingerprint density at radius 1 is 1.14 bits per heavy atom. The first-order chi connectivity index (χ1) is 10.6. The molecule has 2 heterocycles. The van der Waals surface area contributed by atoms with Crippen molar-refractivity contribution in [1.82, 2.24) is 14.5 Å². The maximum atomic E-state index is 11.3. The number of nitrogens with zero attached hydrogens (tertiary/aromatic N) is 3. The lowest BCUT2D eigenvalue weighted by Gasteiger charge is -2.08. The number of carbonyl (C=O) groups excluding carboxylic acids is 1. The van der Waals surface area contributed by atoms with Gasteiger partial charge in [-0.3, -0.25) is 9.36 Å². The third-order valence-corrected chi connectivity index (χ3v) is 3.60. The number of carbonyl (C=O) groups is 1. The minimum atomic E-state index is 0.0621. The van der Waals surface area contributed by atoms with Crippen molar-refractivity contribution >= 4 is 28.6 Å². The van der Waals surface area contributed by atoms with Gasteiger partial charge in [0.1, 0.15) is 5.52 Å². The summed E-state index contributed by atoms with van der Waals surface area (Å²) in [5.74, 6) is 0.818. The van der Waals surface area contributed by atoms with Gasteiger partial charge in [-0.25, -0.2) is 9.97 Å². The summed E-state index contributed by atoms with van der Waals surface area (Å²) in [5.41, 5.74) is 4.32. The minimum absolute atomic E-state index is 0.0621. The fourth-order valence-corrected chi connectivity index (χ4v) is 2.41. The first-order valence-electron chi connectivity index (χ1n) is 7.30. The van der Waals surface area contributed by atoms with Crippen LogP contribution >= 0.6 is 0 Å². The van der Waals surface area contributed by atoms with Gasteiger partial charge in [-0.2, -0.15) is 0 Å². The smallest absolute Gasteiger partial charge is 0.209 e. The van der Waals surface area contributed by atoms with Gasteiger partial charge in [-0.05, 0) is 57.2 Å². The van der Waals surface area contributed by atoms with Crippen LogP contribution in [0, 0.1) is 6.92 Å². The molecule has 0 saturated carbocycles. The predicted octanol–water partition coefficient (Wildman–Crippen LogP) is 3.71. The molecule has 22 heavy (non-hydrogen) atoms. The molecule has 0 bridgehead atoms. The molecular weight excluding hydrogens is 276 g/mol. The van der Waals surface area contributed by atoms with E-state index in [1.807, 2.05) is 47.9 Å². The zero-order valence-electron chi connectivity index (χ0n) is 12.9. The van der Waals surface area contributed by atoms with Crippen molar-refractivity contribution in [2.24, 2.45) is 0 Å². The highest BCUT2D eigenvalue weighted by atomic mass is 16.1. The lowest BCUT2D eigenvalue weighted by atomic mass is 10.1. The second-order valence-corrected chi connectivity index (χ2v) is 5.23. The molecule has 1 aromatic carbocycles. The van der Waals surface area contributed by atoms with Crippen molar-refractivity contribution in [3.05, 3.63) is 47.7 Å². The first-order valence-corrected chi connectivity index (χ1v) is 7.30. The lowest BCUT2D eigenvalue weighted by molar-refractivity contribution is 0.101. The predicted molar refractivity (Wildman–Crippen MR) is 87.7 cm³/mol. The Balaban J connectivity index is 1.97. The van der Waals surface area contributed by atoms with Crippen molar-refractivity contribution in [3.63, 3.8) is 0 Å². The average molecular weight is 294 g/mol. The summed E-state index contributed by atoms with van der Waals surface area (Å²) in [6.07, 6.45) is 0. The molecule has 0 aliphatic carbocycles. The standard InChI is InChI=1S/C17H18N4O/c1-4-21-16-15(10-5-11(2)18-16)20-17(21)19-14-8-6-13(7-9-14)12(3)22/h5-10H,4H2,1-3H3,(H,19,20). The Hall–Kier alpha value is -2.69. The topological polar surface area (TPSA) is 59.8 Å². The summed E-state index contributed by atoms with van der Waals surface area (Å²) in [6, 6.07) is 11.3.